The maximum absolute atomic E-state index is 12.0. The van der Waals surface area contributed by atoms with E-state index in [9.17, 15) is 35.7 Å². The van der Waals surface area contributed by atoms with E-state index in [4.69, 9.17) is 0 Å². The van der Waals surface area contributed by atoms with Gasteiger partial charge in [-0.15, -0.1) is 0 Å². The SMILES string of the molecule is CC1(C)CC2C3=CCC4[C@@]5(C)CC[C@H](O)[C@](C)(CO)C5CC[C@@]4(C)[C@]3(C)[C@@H](O)[C@@H](O)[C@@]2(CO)[C@@H](O)[C@@H]1O. The summed E-state index contributed by atoms with van der Waals surface area (Å²) in [6.07, 6.45) is 0.868. The van der Waals surface area contributed by atoms with E-state index in [2.05, 4.69) is 26.8 Å². The highest BCUT2D eigenvalue weighted by molar-refractivity contribution is 5.38. The van der Waals surface area contributed by atoms with Gasteiger partial charge in [-0.1, -0.05) is 53.2 Å². The second kappa shape index (κ2) is 8.25. The van der Waals surface area contributed by atoms with Gasteiger partial charge in [-0.3, -0.25) is 0 Å². The van der Waals surface area contributed by atoms with Crippen LogP contribution in [0.1, 0.15) is 80.1 Å². The van der Waals surface area contributed by atoms with Crippen LogP contribution in [-0.2, 0) is 0 Å². The fourth-order valence-corrected chi connectivity index (χ4v) is 11.0. The fourth-order valence-electron chi connectivity index (χ4n) is 11.0. The number of aliphatic hydroxyl groups is 7. The molecule has 5 aliphatic carbocycles. The highest BCUT2D eigenvalue weighted by atomic mass is 16.4. The van der Waals surface area contributed by atoms with Gasteiger partial charge in [-0.2, -0.15) is 0 Å². The molecule has 0 aromatic heterocycles. The van der Waals surface area contributed by atoms with Gasteiger partial charge in [0.25, 0.3) is 0 Å². The Morgan fingerprint density at radius 2 is 1.38 bits per heavy atom. The normalized spacial score (nSPS) is 58.9. The number of rotatable bonds is 2. The Bertz CT molecular complexity index is 966. The van der Waals surface area contributed by atoms with Crippen LogP contribution in [0.15, 0.2) is 11.6 Å². The van der Waals surface area contributed by atoms with E-state index in [-0.39, 0.29) is 35.2 Å². The maximum Gasteiger partial charge on any atom is 0.0917 e. The first-order valence-corrected chi connectivity index (χ1v) is 14.4. The van der Waals surface area contributed by atoms with Crippen LogP contribution in [0.3, 0.4) is 0 Å². The molecule has 4 fully saturated rings. The number of hydrogen-bond donors (Lipinski definition) is 7. The van der Waals surface area contributed by atoms with E-state index >= 15 is 0 Å². The van der Waals surface area contributed by atoms with Crippen molar-refractivity contribution in [1.82, 2.24) is 0 Å². The third kappa shape index (κ3) is 3.03. The Balaban J connectivity index is 1.67. The quantitative estimate of drug-likeness (QED) is 0.275. The summed E-state index contributed by atoms with van der Waals surface area (Å²) in [5.74, 6) is -0.0758. The highest BCUT2D eigenvalue weighted by Gasteiger charge is 2.75. The van der Waals surface area contributed by atoms with Crippen LogP contribution < -0.4 is 0 Å². The summed E-state index contributed by atoms with van der Waals surface area (Å²) in [4.78, 5) is 0. The molecular formula is C30H50O7. The minimum absolute atomic E-state index is 0.0616. The lowest BCUT2D eigenvalue weighted by Crippen LogP contribution is -2.76. The Morgan fingerprint density at radius 3 is 1.97 bits per heavy atom. The molecule has 0 aliphatic heterocycles. The van der Waals surface area contributed by atoms with Crippen LogP contribution in [0.5, 0.6) is 0 Å². The maximum atomic E-state index is 12.0. The van der Waals surface area contributed by atoms with E-state index in [0.29, 0.717) is 12.8 Å². The Hall–Kier alpha value is -0.540. The fraction of sp³-hybridized carbons (Fsp3) is 0.933. The highest BCUT2D eigenvalue weighted by Crippen LogP contribution is 2.75. The van der Waals surface area contributed by atoms with Crippen molar-refractivity contribution >= 4 is 0 Å². The molecule has 0 heterocycles. The topological polar surface area (TPSA) is 142 Å². The van der Waals surface area contributed by atoms with Gasteiger partial charge in [0, 0.05) is 10.8 Å². The van der Waals surface area contributed by atoms with Crippen LogP contribution in [0, 0.1) is 50.2 Å². The number of fused-ring (bicyclic) bond motifs is 7. The molecule has 13 atom stereocenters. The first-order valence-electron chi connectivity index (χ1n) is 14.4. The monoisotopic (exact) mass is 522 g/mol. The van der Waals surface area contributed by atoms with Gasteiger partial charge < -0.3 is 35.7 Å². The van der Waals surface area contributed by atoms with Crippen molar-refractivity contribution in [3.8, 4) is 0 Å². The van der Waals surface area contributed by atoms with Gasteiger partial charge >= 0.3 is 0 Å². The third-order valence-electron chi connectivity index (χ3n) is 13.6. The summed E-state index contributed by atoms with van der Waals surface area (Å²) in [5.41, 5.74) is -2.98. The number of hydrogen-bond acceptors (Lipinski definition) is 7. The first kappa shape index (κ1) is 28.0. The molecule has 7 heteroatoms. The molecule has 0 spiro atoms. The Morgan fingerprint density at radius 1 is 0.757 bits per heavy atom. The van der Waals surface area contributed by atoms with Crippen molar-refractivity contribution in [3.05, 3.63) is 11.6 Å². The lowest BCUT2D eigenvalue weighted by Gasteiger charge is -2.73. The predicted molar refractivity (Wildman–Crippen MR) is 139 cm³/mol. The smallest absolute Gasteiger partial charge is 0.0917 e. The Labute approximate surface area is 221 Å². The molecule has 0 aromatic carbocycles. The molecule has 7 N–H and O–H groups in total. The summed E-state index contributed by atoms with van der Waals surface area (Å²) in [7, 11) is 0. The van der Waals surface area contributed by atoms with Gasteiger partial charge in [-0.05, 0) is 72.5 Å². The van der Waals surface area contributed by atoms with E-state index in [1.165, 1.54) is 0 Å². The molecule has 0 saturated heterocycles. The van der Waals surface area contributed by atoms with Crippen molar-refractivity contribution in [2.45, 2.75) is 111 Å². The molecule has 5 rings (SSSR count). The molecule has 0 bridgehead atoms. The standard InChI is InChI=1S/C30H50O7/c1-25(2)13-17-16-7-8-19-26(3)11-10-20(33)27(4,14-31)18(26)9-12-28(19,5)29(16,6)22(35)24(37)30(17,15-32)23(36)21(25)34/h7,17-24,31-37H,8-15H2,1-6H3/t17?,18?,19?,20-,21-,22-,23-,24+,26-,27+,28+,29-,30+/m0/s1. The van der Waals surface area contributed by atoms with Crippen LogP contribution in [-0.4, -0.2) is 79.5 Å². The predicted octanol–water partition coefficient (Wildman–Crippen LogP) is 2.00. The summed E-state index contributed by atoms with van der Waals surface area (Å²) >= 11 is 0. The molecular weight excluding hydrogens is 472 g/mol. The number of aliphatic hydroxyl groups excluding tert-OH is 7. The molecule has 5 aliphatic rings. The molecule has 7 nitrogen and oxygen atoms in total. The van der Waals surface area contributed by atoms with Crippen LogP contribution in [0.4, 0.5) is 0 Å². The van der Waals surface area contributed by atoms with Gasteiger partial charge in [0.05, 0.1) is 49.1 Å². The molecule has 0 aromatic rings. The lowest BCUT2D eigenvalue weighted by molar-refractivity contribution is -0.289. The van der Waals surface area contributed by atoms with Crippen molar-refractivity contribution in [2.75, 3.05) is 13.2 Å². The molecule has 37 heavy (non-hydrogen) atoms. The van der Waals surface area contributed by atoms with Crippen LogP contribution >= 0.6 is 0 Å². The first-order chi connectivity index (χ1) is 17.0. The average molecular weight is 523 g/mol. The van der Waals surface area contributed by atoms with Crippen molar-refractivity contribution in [3.63, 3.8) is 0 Å². The van der Waals surface area contributed by atoms with Gasteiger partial charge in [0.1, 0.15) is 0 Å². The zero-order chi connectivity index (χ0) is 27.6. The van der Waals surface area contributed by atoms with Crippen molar-refractivity contribution in [1.29, 1.82) is 0 Å². The lowest BCUT2D eigenvalue weighted by atomic mass is 9.32. The summed E-state index contributed by atoms with van der Waals surface area (Å²) in [5, 5.41) is 78.1. The van der Waals surface area contributed by atoms with Gasteiger partial charge in [0.15, 0.2) is 0 Å². The van der Waals surface area contributed by atoms with Crippen LogP contribution in [0.2, 0.25) is 0 Å². The molecule has 4 saturated carbocycles. The van der Waals surface area contributed by atoms with Crippen molar-refractivity contribution < 1.29 is 35.7 Å². The minimum atomic E-state index is -1.44. The number of allylic oxidation sites excluding steroid dienone is 1. The second-order valence-corrected chi connectivity index (χ2v) is 15.2. The second-order valence-electron chi connectivity index (χ2n) is 15.2. The van der Waals surface area contributed by atoms with E-state index < -0.39 is 58.8 Å². The Kier molecular flexibility index (Phi) is 6.24. The van der Waals surface area contributed by atoms with E-state index in [1.807, 2.05) is 20.8 Å². The summed E-state index contributed by atoms with van der Waals surface area (Å²) < 4.78 is 0. The van der Waals surface area contributed by atoms with E-state index in [1.54, 1.807) is 0 Å². The van der Waals surface area contributed by atoms with Crippen LogP contribution in [0.25, 0.3) is 0 Å². The van der Waals surface area contributed by atoms with Crippen molar-refractivity contribution in [2.24, 2.45) is 50.2 Å². The summed E-state index contributed by atoms with van der Waals surface area (Å²) in [6.45, 7) is 11.9. The molecule has 212 valence electrons. The van der Waals surface area contributed by atoms with Gasteiger partial charge in [-0.25, -0.2) is 0 Å². The zero-order valence-corrected chi connectivity index (χ0v) is 23.5. The largest absolute Gasteiger partial charge is 0.396 e. The average Bonchev–Trinajstić information content (AvgIpc) is 2.85. The zero-order valence-electron chi connectivity index (χ0n) is 23.5. The molecule has 0 amide bonds. The van der Waals surface area contributed by atoms with E-state index in [0.717, 1.165) is 31.3 Å². The molecule has 0 radical (unpaired) electrons. The molecule has 3 unspecified atom stereocenters. The minimum Gasteiger partial charge on any atom is -0.396 e. The summed E-state index contributed by atoms with van der Waals surface area (Å²) in [6, 6.07) is 0. The van der Waals surface area contributed by atoms with Gasteiger partial charge in [0.2, 0.25) is 0 Å². The third-order valence-corrected chi connectivity index (χ3v) is 13.6.